The highest BCUT2D eigenvalue weighted by Crippen LogP contribution is 2.12. The standard InChI is InChI=1S/C13H16N2O3S/c1-10-2-5-12(18-10)9-15-19(16,17)13-6-3-11(8-14)4-7-13/h2-7,15H,8-9,14H2,1H3. The van der Waals surface area contributed by atoms with Gasteiger partial charge < -0.3 is 10.2 Å². The van der Waals surface area contributed by atoms with Crippen LogP contribution in [0.1, 0.15) is 17.1 Å². The lowest BCUT2D eigenvalue weighted by molar-refractivity contribution is 0.475. The molecule has 0 spiro atoms. The van der Waals surface area contributed by atoms with Crippen molar-refractivity contribution < 1.29 is 12.8 Å². The molecule has 102 valence electrons. The van der Waals surface area contributed by atoms with Gasteiger partial charge in [0.25, 0.3) is 0 Å². The van der Waals surface area contributed by atoms with Gasteiger partial charge in [0, 0.05) is 6.54 Å². The zero-order valence-electron chi connectivity index (χ0n) is 10.6. The molecule has 2 rings (SSSR count). The Bertz CT molecular complexity index is 645. The molecule has 0 amide bonds. The average molecular weight is 280 g/mol. The normalized spacial score (nSPS) is 11.7. The molecule has 0 radical (unpaired) electrons. The average Bonchev–Trinajstić information content (AvgIpc) is 2.82. The van der Waals surface area contributed by atoms with Crippen molar-refractivity contribution in [3.8, 4) is 0 Å². The van der Waals surface area contributed by atoms with Gasteiger partial charge in [-0.1, -0.05) is 12.1 Å². The van der Waals surface area contributed by atoms with Crippen molar-refractivity contribution in [1.82, 2.24) is 4.72 Å². The molecule has 1 heterocycles. The summed E-state index contributed by atoms with van der Waals surface area (Å²) < 4.78 is 31.9. The maximum atomic E-state index is 12.0. The molecule has 0 saturated carbocycles. The maximum absolute atomic E-state index is 12.0. The summed E-state index contributed by atoms with van der Waals surface area (Å²) in [5, 5.41) is 0. The van der Waals surface area contributed by atoms with Gasteiger partial charge >= 0.3 is 0 Å². The lowest BCUT2D eigenvalue weighted by atomic mass is 10.2. The molecule has 0 fully saturated rings. The van der Waals surface area contributed by atoms with Crippen LogP contribution >= 0.6 is 0 Å². The highest BCUT2D eigenvalue weighted by atomic mass is 32.2. The van der Waals surface area contributed by atoms with E-state index in [2.05, 4.69) is 4.72 Å². The molecule has 2 aromatic rings. The molecule has 0 aliphatic carbocycles. The Balaban J connectivity index is 2.09. The fraction of sp³-hybridized carbons (Fsp3) is 0.231. The van der Waals surface area contributed by atoms with E-state index in [0.717, 1.165) is 11.3 Å². The first kappa shape index (κ1) is 13.8. The van der Waals surface area contributed by atoms with Gasteiger partial charge in [0.05, 0.1) is 11.4 Å². The zero-order chi connectivity index (χ0) is 13.9. The van der Waals surface area contributed by atoms with Crippen LogP contribution < -0.4 is 10.5 Å². The van der Waals surface area contributed by atoms with E-state index in [1.165, 1.54) is 12.1 Å². The Morgan fingerprint density at radius 3 is 2.37 bits per heavy atom. The number of benzene rings is 1. The first-order valence-electron chi connectivity index (χ1n) is 5.85. The summed E-state index contributed by atoms with van der Waals surface area (Å²) in [4.78, 5) is 0.216. The van der Waals surface area contributed by atoms with E-state index in [1.807, 2.05) is 6.92 Å². The Labute approximate surface area is 112 Å². The van der Waals surface area contributed by atoms with Crippen molar-refractivity contribution in [2.45, 2.75) is 24.9 Å². The number of sulfonamides is 1. The SMILES string of the molecule is Cc1ccc(CNS(=O)(=O)c2ccc(CN)cc2)o1. The summed E-state index contributed by atoms with van der Waals surface area (Å²) in [5.74, 6) is 1.33. The van der Waals surface area contributed by atoms with Gasteiger partial charge in [-0.05, 0) is 36.8 Å². The molecule has 0 atom stereocenters. The minimum absolute atomic E-state index is 0.134. The highest BCUT2D eigenvalue weighted by molar-refractivity contribution is 7.89. The van der Waals surface area contributed by atoms with Gasteiger partial charge in [0.2, 0.25) is 10.0 Å². The first-order valence-corrected chi connectivity index (χ1v) is 7.33. The summed E-state index contributed by atoms with van der Waals surface area (Å²) >= 11 is 0. The number of nitrogens with one attached hydrogen (secondary N) is 1. The number of aryl methyl sites for hydroxylation is 1. The van der Waals surface area contributed by atoms with Gasteiger partial charge in [-0.25, -0.2) is 13.1 Å². The number of rotatable bonds is 5. The number of hydrogen-bond donors (Lipinski definition) is 2. The van der Waals surface area contributed by atoms with Gasteiger partial charge in [0.1, 0.15) is 11.5 Å². The molecule has 0 saturated heterocycles. The lowest BCUT2D eigenvalue weighted by Crippen LogP contribution is -2.23. The molecule has 0 bridgehead atoms. The van der Waals surface area contributed by atoms with Crippen molar-refractivity contribution in [3.63, 3.8) is 0 Å². The predicted octanol–water partition coefficient (Wildman–Crippen LogP) is 1.53. The lowest BCUT2D eigenvalue weighted by Gasteiger charge is -2.06. The molecule has 6 heteroatoms. The van der Waals surface area contributed by atoms with Gasteiger partial charge in [-0.2, -0.15) is 0 Å². The van der Waals surface area contributed by atoms with Crippen molar-refractivity contribution in [2.75, 3.05) is 0 Å². The number of furan rings is 1. The Hall–Kier alpha value is -1.63. The molecule has 1 aromatic carbocycles. The molecule has 0 aliphatic heterocycles. The molecule has 19 heavy (non-hydrogen) atoms. The van der Waals surface area contributed by atoms with E-state index in [-0.39, 0.29) is 11.4 Å². The van der Waals surface area contributed by atoms with Crippen LogP contribution in [0, 0.1) is 6.92 Å². The van der Waals surface area contributed by atoms with E-state index < -0.39 is 10.0 Å². The summed E-state index contributed by atoms with van der Waals surface area (Å²) in [6.07, 6.45) is 0. The summed E-state index contributed by atoms with van der Waals surface area (Å²) in [6.45, 7) is 2.33. The molecule has 5 nitrogen and oxygen atoms in total. The molecular weight excluding hydrogens is 264 g/mol. The first-order chi connectivity index (χ1) is 9.01. The quantitative estimate of drug-likeness (QED) is 0.869. The third kappa shape index (κ3) is 3.44. The highest BCUT2D eigenvalue weighted by Gasteiger charge is 2.14. The Morgan fingerprint density at radius 1 is 1.16 bits per heavy atom. The van der Waals surface area contributed by atoms with Crippen molar-refractivity contribution in [3.05, 3.63) is 53.5 Å². The molecule has 0 unspecified atom stereocenters. The maximum Gasteiger partial charge on any atom is 0.240 e. The van der Waals surface area contributed by atoms with E-state index in [4.69, 9.17) is 10.2 Å². The fourth-order valence-corrected chi connectivity index (χ4v) is 2.63. The molecule has 3 N–H and O–H groups in total. The second-order valence-electron chi connectivity index (χ2n) is 4.18. The smallest absolute Gasteiger partial charge is 0.240 e. The molecule has 1 aromatic heterocycles. The van der Waals surface area contributed by atoms with Crippen LogP contribution in [0.15, 0.2) is 45.7 Å². The van der Waals surface area contributed by atoms with Crippen LogP contribution in [0.4, 0.5) is 0 Å². The summed E-state index contributed by atoms with van der Waals surface area (Å²) in [7, 11) is -3.53. The van der Waals surface area contributed by atoms with Crippen LogP contribution in [-0.2, 0) is 23.1 Å². The Kier molecular flexibility index (Phi) is 4.04. The van der Waals surface area contributed by atoms with Crippen LogP contribution in [0.5, 0.6) is 0 Å². The van der Waals surface area contributed by atoms with Crippen LogP contribution in [0.2, 0.25) is 0 Å². The van der Waals surface area contributed by atoms with Crippen LogP contribution in [0.25, 0.3) is 0 Å². The van der Waals surface area contributed by atoms with Gasteiger partial charge in [-0.15, -0.1) is 0 Å². The van der Waals surface area contributed by atoms with Crippen molar-refractivity contribution in [1.29, 1.82) is 0 Å². The van der Waals surface area contributed by atoms with Gasteiger partial charge in [0.15, 0.2) is 0 Å². The van der Waals surface area contributed by atoms with Crippen molar-refractivity contribution >= 4 is 10.0 Å². The van der Waals surface area contributed by atoms with Crippen LogP contribution in [-0.4, -0.2) is 8.42 Å². The third-order valence-electron chi connectivity index (χ3n) is 2.70. The van der Waals surface area contributed by atoms with E-state index >= 15 is 0 Å². The monoisotopic (exact) mass is 280 g/mol. The van der Waals surface area contributed by atoms with Crippen LogP contribution in [0.3, 0.4) is 0 Å². The zero-order valence-corrected chi connectivity index (χ0v) is 11.4. The largest absolute Gasteiger partial charge is 0.465 e. The molecule has 0 aliphatic rings. The predicted molar refractivity (Wildman–Crippen MR) is 71.8 cm³/mol. The van der Waals surface area contributed by atoms with E-state index in [9.17, 15) is 8.42 Å². The number of hydrogen-bond acceptors (Lipinski definition) is 4. The summed E-state index contributed by atoms with van der Waals surface area (Å²) in [6, 6.07) is 10.0. The van der Waals surface area contributed by atoms with E-state index in [1.54, 1.807) is 24.3 Å². The Morgan fingerprint density at radius 2 is 1.84 bits per heavy atom. The third-order valence-corrected chi connectivity index (χ3v) is 4.12. The minimum atomic E-state index is -3.53. The molecular formula is C13H16N2O3S. The summed E-state index contributed by atoms with van der Waals surface area (Å²) in [5.41, 5.74) is 6.36. The number of nitrogens with two attached hydrogens (primary N) is 1. The van der Waals surface area contributed by atoms with Gasteiger partial charge in [-0.3, -0.25) is 0 Å². The van der Waals surface area contributed by atoms with Crippen molar-refractivity contribution in [2.24, 2.45) is 5.73 Å². The second-order valence-corrected chi connectivity index (χ2v) is 5.95. The topological polar surface area (TPSA) is 85.3 Å². The fourth-order valence-electron chi connectivity index (χ4n) is 1.63. The minimum Gasteiger partial charge on any atom is -0.465 e. The second kappa shape index (κ2) is 5.56. The van der Waals surface area contributed by atoms with E-state index in [0.29, 0.717) is 12.3 Å².